The van der Waals surface area contributed by atoms with Crippen LogP contribution in [0, 0.1) is 23.7 Å². The zero-order valence-corrected chi connectivity index (χ0v) is 30.0. The lowest BCUT2D eigenvalue weighted by molar-refractivity contribution is -0.0399. The Kier molecular flexibility index (Phi) is 7.12. The van der Waals surface area contributed by atoms with Crippen molar-refractivity contribution in [2.75, 3.05) is 4.90 Å². The van der Waals surface area contributed by atoms with Gasteiger partial charge < -0.3 is 4.90 Å². The molecule has 0 radical (unpaired) electrons. The van der Waals surface area contributed by atoms with Crippen LogP contribution in [-0.2, 0) is 5.41 Å². The number of hydrogen-bond donors (Lipinski definition) is 0. The highest BCUT2D eigenvalue weighted by atomic mass is 15.1. The molecule has 53 heavy (non-hydrogen) atoms. The monoisotopic (exact) mass is 681 g/mol. The number of fused-ring (bicyclic) bond motifs is 3. The molecule has 0 atom stereocenters. The molecule has 0 unspecified atom stereocenters. The third-order valence-corrected chi connectivity index (χ3v) is 13.5. The molecule has 1 spiro atoms. The smallest absolute Gasteiger partial charge is 0.0543 e. The maximum Gasteiger partial charge on any atom is 0.0543 e. The molecule has 5 aliphatic carbocycles. The van der Waals surface area contributed by atoms with Crippen molar-refractivity contribution in [3.05, 3.63) is 187 Å². The van der Waals surface area contributed by atoms with Gasteiger partial charge in [0, 0.05) is 22.4 Å². The average molecular weight is 682 g/mol. The van der Waals surface area contributed by atoms with Gasteiger partial charge in [-0.2, -0.15) is 0 Å². The summed E-state index contributed by atoms with van der Waals surface area (Å²) in [6.07, 6.45) is 7.04. The highest BCUT2D eigenvalue weighted by Gasteiger charge is 2.61. The highest BCUT2D eigenvalue weighted by Crippen LogP contribution is 2.70. The molecule has 0 heterocycles. The van der Waals surface area contributed by atoms with Gasteiger partial charge in [-0.15, -0.1) is 0 Å². The van der Waals surface area contributed by atoms with Crippen LogP contribution in [0.4, 0.5) is 17.1 Å². The van der Waals surface area contributed by atoms with Gasteiger partial charge in [0.15, 0.2) is 0 Å². The summed E-state index contributed by atoms with van der Waals surface area (Å²) in [7, 11) is 0. The van der Waals surface area contributed by atoms with Crippen LogP contribution in [-0.4, -0.2) is 0 Å². The van der Waals surface area contributed by atoms with Crippen molar-refractivity contribution in [1.29, 1.82) is 0 Å². The van der Waals surface area contributed by atoms with Gasteiger partial charge in [0.2, 0.25) is 0 Å². The third kappa shape index (κ3) is 4.83. The molecule has 4 saturated carbocycles. The molecule has 256 valence electrons. The number of anilines is 3. The van der Waals surface area contributed by atoms with Crippen LogP contribution >= 0.6 is 0 Å². The van der Waals surface area contributed by atoms with Crippen molar-refractivity contribution in [1.82, 2.24) is 0 Å². The van der Waals surface area contributed by atoms with Crippen molar-refractivity contribution in [2.24, 2.45) is 23.7 Å². The Morgan fingerprint density at radius 2 is 0.774 bits per heavy atom. The second kappa shape index (κ2) is 12.2. The molecule has 5 aliphatic rings. The zero-order valence-electron chi connectivity index (χ0n) is 30.0. The van der Waals surface area contributed by atoms with Gasteiger partial charge in [0.1, 0.15) is 0 Å². The predicted molar refractivity (Wildman–Crippen MR) is 221 cm³/mol. The Hall–Kier alpha value is -5.66. The molecule has 1 heteroatoms. The first-order valence-electron chi connectivity index (χ1n) is 19.7. The molecule has 0 aromatic heterocycles. The van der Waals surface area contributed by atoms with Gasteiger partial charge in [-0.05, 0) is 136 Å². The topological polar surface area (TPSA) is 3.24 Å². The van der Waals surface area contributed by atoms with Crippen LogP contribution < -0.4 is 4.90 Å². The van der Waals surface area contributed by atoms with Crippen molar-refractivity contribution in [3.8, 4) is 44.5 Å². The molecule has 7 aromatic carbocycles. The molecule has 7 aromatic rings. The van der Waals surface area contributed by atoms with Crippen LogP contribution in [0.5, 0.6) is 0 Å². The van der Waals surface area contributed by atoms with Gasteiger partial charge in [0.05, 0.1) is 5.69 Å². The van der Waals surface area contributed by atoms with Crippen molar-refractivity contribution < 1.29 is 0 Å². The molecule has 12 rings (SSSR count). The average Bonchev–Trinajstić information content (AvgIpc) is 3.52. The van der Waals surface area contributed by atoms with Crippen LogP contribution in [0.25, 0.3) is 44.5 Å². The summed E-state index contributed by atoms with van der Waals surface area (Å²) >= 11 is 0. The van der Waals surface area contributed by atoms with Crippen LogP contribution in [0.3, 0.4) is 0 Å². The number of hydrogen-bond acceptors (Lipinski definition) is 1. The lowest BCUT2D eigenvalue weighted by Gasteiger charge is -2.61. The van der Waals surface area contributed by atoms with Gasteiger partial charge in [-0.1, -0.05) is 146 Å². The minimum atomic E-state index is 0.133. The Balaban J connectivity index is 1.05. The van der Waals surface area contributed by atoms with E-state index in [1.165, 1.54) is 93.7 Å². The molecule has 0 saturated heterocycles. The fourth-order valence-electron chi connectivity index (χ4n) is 11.5. The molecule has 0 N–H and O–H groups in total. The normalized spacial score (nSPS) is 23.2. The summed E-state index contributed by atoms with van der Waals surface area (Å²) in [5.41, 5.74) is 17.3. The largest absolute Gasteiger partial charge is 0.310 e. The van der Waals surface area contributed by atoms with Gasteiger partial charge >= 0.3 is 0 Å². The van der Waals surface area contributed by atoms with Crippen molar-refractivity contribution >= 4 is 17.1 Å². The van der Waals surface area contributed by atoms with E-state index in [2.05, 4.69) is 181 Å². The lowest BCUT2D eigenvalue weighted by Crippen LogP contribution is -2.55. The van der Waals surface area contributed by atoms with Gasteiger partial charge in [-0.25, -0.2) is 0 Å². The van der Waals surface area contributed by atoms with E-state index in [0.29, 0.717) is 0 Å². The van der Waals surface area contributed by atoms with E-state index in [9.17, 15) is 0 Å². The van der Waals surface area contributed by atoms with E-state index >= 15 is 0 Å². The third-order valence-electron chi connectivity index (χ3n) is 13.5. The van der Waals surface area contributed by atoms with E-state index in [1.54, 1.807) is 11.1 Å². The van der Waals surface area contributed by atoms with Crippen molar-refractivity contribution in [2.45, 2.75) is 37.5 Å². The fraction of sp³-hybridized carbons (Fsp3) is 0.192. The zero-order chi connectivity index (χ0) is 34.9. The standard InChI is InChI=1S/C52H43N/c1-3-10-37(11-4-1)39-18-20-40(21-19-39)42-24-28-46(29-25-42)53(45-26-22-41(23-27-45)38-12-5-2-6-13-38)50-17-9-16-49-51(50)47-14-7-8-15-48(47)52(49)43-31-35-30-36(33-43)34-44(52)32-35/h1-29,35-36,43-44H,30-34H2. The Morgan fingerprint density at radius 1 is 0.358 bits per heavy atom. The maximum absolute atomic E-state index is 2.53. The van der Waals surface area contributed by atoms with E-state index in [-0.39, 0.29) is 5.41 Å². The second-order valence-corrected chi connectivity index (χ2v) is 16.2. The second-order valence-electron chi connectivity index (χ2n) is 16.2. The van der Waals surface area contributed by atoms with Gasteiger partial charge in [-0.3, -0.25) is 0 Å². The SMILES string of the molecule is c1ccc(-c2ccc(-c3ccc(N(c4ccc(-c5ccccc5)cc4)c4cccc5c4-c4ccccc4C54C5CC6CC(C5)CC4C6)cc3)cc2)cc1. The van der Waals surface area contributed by atoms with Crippen LogP contribution in [0.2, 0.25) is 0 Å². The van der Waals surface area contributed by atoms with Crippen LogP contribution in [0.15, 0.2) is 176 Å². The van der Waals surface area contributed by atoms with E-state index in [0.717, 1.165) is 23.7 Å². The summed E-state index contributed by atoms with van der Waals surface area (Å²) in [6.45, 7) is 0. The van der Waals surface area contributed by atoms with E-state index in [4.69, 9.17) is 0 Å². The fourth-order valence-corrected chi connectivity index (χ4v) is 11.5. The molecular formula is C52H43N. The molecule has 4 bridgehead atoms. The van der Waals surface area contributed by atoms with Gasteiger partial charge in [0.25, 0.3) is 0 Å². The summed E-state index contributed by atoms with van der Waals surface area (Å²) in [5, 5.41) is 0. The maximum atomic E-state index is 2.53. The summed E-state index contributed by atoms with van der Waals surface area (Å²) in [4.78, 5) is 2.53. The number of benzene rings is 7. The highest BCUT2D eigenvalue weighted by molar-refractivity contribution is 5.96. The molecule has 0 amide bonds. The number of rotatable bonds is 6. The quantitative estimate of drug-likeness (QED) is 0.169. The molecule has 1 nitrogen and oxygen atoms in total. The summed E-state index contributed by atoms with van der Waals surface area (Å²) in [6, 6.07) is 65.6. The Bertz CT molecular complexity index is 2400. The predicted octanol–water partition coefficient (Wildman–Crippen LogP) is 13.9. The first kappa shape index (κ1) is 30.9. The Labute approximate surface area is 313 Å². The van der Waals surface area contributed by atoms with Crippen LogP contribution in [0.1, 0.15) is 43.2 Å². The minimum absolute atomic E-state index is 0.133. The molecule has 4 fully saturated rings. The summed E-state index contributed by atoms with van der Waals surface area (Å²) < 4.78 is 0. The summed E-state index contributed by atoms with van der Waals surface area (Å²) in [5.74, 6) is 3.33. The minimum Gasteiger partial charge on any atom is -0.310 e. The lowest BCUT2D eigenvalue weighted by atomic mass is 9.43. The molecule has 0 aliphatic heterocycles. The van der Waals surface area contributed by atoms with Crippen molar-refractivity contribution in [3.63, 3.8) is 0 Å². The first-order chi connectivity index (χ1) is 26.2. The molecular weight excluding hydrogens is 639 g/mol. The Morgan fingerprint density at radius 3 is 1.28 bits per heavy atom. The van der Waals surface area contributed by atoms with E-state index < -0.39 is 0 Å². The first-order valence-corrected chi connectivity index (χ1v) is 19.7. The van der Waals surface area contributed by atoms with E-state index in [1.807, 2.05) is 0 Å². The number of nitrogens with zero attached hydrogens (tertiary/aromatic N) is 1.